The van der Waals surface area contributed by atoms with Gasteiger partial charge in [0.2, 0.25) is 5.91 Å². The molecule has 7 heteroatoms. The Hall–Kier alpha value is -1.47. The molecule has 0 N–H and O–H groups in total. The maximum absolute atomic E-state index is 12.3. The van der Waals surface area contributed by atoms with Gasteiger partial charge in [-0.15, -0.1) is 10.2 Å². The largest absolute Gasteiger partial charge is 0.342 e. The number of hydrogen-bond acceptors (Lipinski definition) is 5. The van der Waals surface area contributed by atoms with Crippen molar-refractivity contribution >= 4 is 5.91 Å². The molecular weight excluding hydrogens is 316 g/mol. The van der Waals surface area contributed by atoms with Crippen molar-refractivity contribution in [3.8, 4) is 0 Å². The summed E-state index contributed by atoms with van der Waals surface area (Å²) in [5, 5.41) is 8.78. The predicted octanol–water partition coefficient (Wildman–Crippen LogP) is 0.819. The second kappa shape index (κ2) is 6.68. The van der Waals surface area contributed by atoms with Crippen LogP contribution in [0.2, 0.25) is 0 Å². The molecule has 25 heavy (non-hydrogen) atoms. The molecule has 0 radical (unpaired) electrons. The molecule has 4 rings (SSSR count). The number of aromatic nitrogens is 3. The van der Waals surface area contributed by atoms with E-state index in [0.29, 0.717) is 24.5 Å². The molecule has 7 nitrogen and oxygen atoms in total. The lowest BCUT2D eigenvalue weighted by Gasteiger charge is -2.25. The van der Waals surface area contributed by atoms with Gasteiger partial charge in [0.05, 0.1) is 13.1 Å². The van der Waals surface area contributed by atoms with Gasteiger partial charge in [-0.25, -0.2) is 0 Å². The summed E-state index contributed by atoms with van der Waals surface area (Å²) in [5.41, 5.74) is 0. The molecule has 0 unspecified atom stereocenters. The minimum atomic E-state index is 0.271. The van der Waals surface area contributed by atoms with Crippen molar-refractivity contribution in [2.45, 2.75) is 56.7 Å². The van der Waals surface area contributed by atoms with Gasteiger partial charge in [0.15, 0.2) is 0 Å². The highest BCUT2D eigenvalue weighted by molar-refractivity contribution is 5.78. The minimum Gasteiger partial charge on any atom is -0.342 e. The summed E-state index contributed by atoms with van der Waals surface area (Å²) in [7, 11) is 6.20. The van der Waals surface area contributed by atoms with Crippen LogP contribution < -0.4 is 0 Å². The average molecular weight is 346 g/mol. The highest BCUT2D eigenvalue weighted by Crippen LogP contribution is 2.38. The van der Waals surface area contributed by atoms with E-state index < -0.39 is 0 Å². The Morgan fingerprint density at radius 1 is 1.12 bits per heavy atom. The lowest BCUT2D eigenvalue weighted by molar-refractivity contribution is -0.131. The van der Waals surface area contributed by atoms with E-state index in [1.54, 1.807) is 0 Å². The molecule has 1 saturated heterocycles. The number of amides is 1. The fraction of sp³-hybridized carbons (Fsp3) is 0.833. The molecule has 0 bridgehead atoms. The van der Waals surface area contributed by atoms with Crippen LogP contribution in [0, 0.1) is 0 Å². The molecule has 1 atom stereocenters. The van der Waals surface area contributed by atoms with E-state index in [1.165, 1.54) is 25.7 Å². The molecule has 2 heterocycles. The van der Waals surface area contributed by atoms with E-state index >= 15 is 0 Å². The Labute approximate surface area is 150 Å². The van der Waals surface area contributed by atoms with Gasteiger partial charge in [0.1, 0.15) is 11.6 Å². The van der Waals surface area contributed by atoms with E-state index in [0.717, 1.165) is 37.7 Å². The number of rotatable bonds is 7. The van der Waals surface area contributed by atoms with E-state index in [1.807, 2.05) is 11.9 Å². The number of likely N-dealkylation sites (N-methyl/N-ethyl adjacent to an activating group) is 2. The second-order valence-corrected chi connectivity index (χ2v) is 8.14. The van der Waals surface area contributed by atoms with E-state index in [4.69, 9.17) is 0 Å². The van der Waals surface area contributed by atoms with Crippen LogP contribution in [0.5, 0.6) is 0 Å². The zero-order valence-corrected chi connectivity index (χ0v) is 15.7. The third-order valence-corrected chi connectivity index (χ3v) is 6.05. The number of likely N-dealkylation sites (tertiary alicyclic amines) is 1. The molecule has 1 aromatic rings. The smallest absolute Gasteiger partial charge is 0.236 e. The number of carbonyl (C=O) groups excluding carboxylic acids is 1. The van der Waals surface area contributed by atoms with Crippen molar-refractivity contribution < 1.29 is 4.79 Å². The molecule has 2 aliphatic carbocycles. The van der Waals surface area contributed by atoms with Crippen LogP contribution in [-0.4, -0.2) is 81.2 Å². The quantitative estimate of drug-likeness (QED) is 0.732. The van der Waals surface area contributed by atoms with Crippen LogP contribution >= 0.6 is 0 Å². The van der Waals surface area contributed by atoms with Gasteiger partial charge in [0, 0.05) is 45.2 Å². The number of nitrogens with zero attached hydrogens (tertiary/aromatic N) is 6. The summed E-state index contributed by atoms with van der Waals surface area (Å²) in [5.74, 6) is 3.10. The zero-order chi connectivity index (χ0) is 17.6. The molecule has 1 aromatic heterocycles. The summed E-state index contributed by atoms with van der Waals surface area (Å²) in [6.45, 7) is 3.36. The summed E-state index contributed by atoms with van der Waals surface area (Å²) in [4.78, 5) is 18.9. The first-order valence-corrected chi connectivity index (χ1v) is 9.59. The Morgan fingerprint density at radius 2 is 1.88 bits per heavy atom. The van der Waals surface area contributed by atoms with Gasteiger partial charge in [0.25, 0.3) is 0 Å². The summed E-state index contributed by atoms with van der Waals surface area (Å²) < 4.78 is 2.18. The van der Waals surface area contributed by atoms with Crippen LogP contribution in [-0.2, 0) is 18.4 Å². The average Bonchev–Trinajstić information content (AvgIpc) is 3.52. The van der Waals surface area contributed by atoms with E-state index in [2.05, 4.69) is 38.7 Å². The molecule has 0 spiro atoms. The fourth-order valence-electron chi connectivity index (χ4n) is 3.85. The zero-order valence-electron chi connectivity index (χ0n) is 15.7. The first kappa shape index (κ1) is 17.0. The van der Waals surface area contributed by atoms with Crippen molar-refractivity contribution in [3.63, 3.8) is 0 Å². The standard InChI is InChI=1S/C18H30N6O/c1-21(11-16-19-20-18(23(16)3)13-4-5-13)15-8-9-24(10-15)12-17(25)22(2)14-6-7-14/h13-15H,4-12H2,1-3H3/t15-/m0/s1. The van der Waals surface area contributed by atoms with Gasteiger partial charge in [-0.1, -0.05) is 0 Å². The van der Waals surface area contributed by atoms with Crippen LogP contribution in [0.1, 0.15) is 49.7 Å². The number of hydrogen-bond donors (Lipinski definition) is 0. The Kier molecular flexibility index (Phi) is 4.54. The molecule has 1 aliphatic heterocycles. The van der Waals surface area contributed by atoms with E-state index in [-0.39, 0.29) is 5.91 Å². The maximum Gasteiger partial charge on any atom is 0.236 e. The second-order valence-electron chi connectivity index (χ2n) is 8.14. The highest BCUT2D eigenvalue weighted by Gasteiger charge is 2.33. The van der Waals surface area contributed by atoms with E-state index in [9.17, 15) is 4.79 Å². The predicted molar refractivity (Wildman–Crippen MR) is 95.1 cm³/mol. The highest BCUT2D eigenvalue weighted by atomic mass is 16.2. The van der Waals surface area contributed by atoms with Crippen molar-refractivity contribution in [3.05, 3.63) is 11.6 Å². The summed E-state index contributed by atoms with van der Waals surface area (Å²) in [6.07, 6.45) is 5.97. The summed E-state index contributed by atoms with van der Waals surface area (Å²) >= 11 is 0. The lowest BCUT2D eigenvalue weighted by atomic mass is 10.2. The van der Waals surface area contributed by atoms with Gasteiger partial charge in [-0.3, -0.25) is 14.6 Å². The molecule has 1 amide bonds. The van der Waals surface area contributed by atoms with Crippen molar-refractivity contribution in [2.24, 2.45) is 7.05 Å². The molecule has 3 fully saturated rings. The fourth-order valence-corrected chi connectivity index (χ4v) is 3.85. The van der Waals surface area contributed by atoms with Gasteiger partial charge < -0.3 is 9.47 Å². The Morgan fingerprint density at radius 3 is 2.56 bits per heavy atom. The van der Waals surface area contributed by atoms with Gasteiger partial charge >= 0.3 is 0 Å². The normalized spacial score (nSPS) is 24.2. The van der Waals surface area contributed by atoms with Crippen molar-refractivity contribution in [1.82, 2.24) is 29.5 Å². The van der Waals surface area contributed by atoms with Crippen LogP contribution in [0.25, 0.3) is 0 Å². The van der Waals surface area contributed by atoms with Gasteiger partial charge in [-0.2, -0.15) is 0 Å². The van der Waals surface area contributed by atoms with Gasteiger partial charge in [-0.05, 0) is 39.2 Å². The topological polar surface area (TPSA) is 57.5 Å². The molecule has 0 aromatic carbocycles. The molecular formula is C18H30N6O. The van der Waals surface area contributed by atoms with Crippen LogP contribution in [0.3, 0.4) is 0 Å². The van der Waals surface area contributed by atoms with Crippen LogP contribution in [0.4, 0.5) is 0 Å². The SMILES string of the molecule is CN(C(=O)CN1CC[C@H](N(C)Cc2nnc(C3CC3)n2C)C1)C1CC1. The first-order chi connectivity index (χ1) is 12.0. The summed E-state index contributed by atoms with van der Waals surface area (Å²) in [6, 6.07) is 0.991. The molecule has 138 valence electrons. The monoisotopic (exact) mass is 346 g/mol. The first-order valence-electron chi connectivity index (χ1n) is 9.59. The minimum absolute atomic E-state index is 0.271. The number of carbonyl (C=O) groups is 1. The maximum atomic E-state index is 12.3. The third kappa shape index (κ3) is 3.72. The lowest BCUT2D eigenvalue weighted by Crippen LogP contribution is -2.40. The van der Waals surface area contributed by atoms with Crippen molar-refractivity contribution in [1.29, 1.82) is 0 Å². The Balaban J connectivity index is 1.28. The third-order valence-electron chi connectivity index (χ3n) is 6.05. The van der Waals surface area contributed by atoms with Crippen LogP contribution in [0.15, 0.2) is 0 Å². The molecule has 2 saturated carbocycles. The van der Waals surface area contributed by atoms with Crippen molar-refractivity contribution in [2.75, 3.05) is 33.7 Å². The Bertz CT molecular complexity index is 636. The molecule has 3 aliphatic rings.